The molecule has 1 saturated heterocycles. The number of likely N-dealkylation sites (tertiary alicyclic amines) is 1. The minimum Gasteiger partial charge on any atom is -0.478 e. The van der Waals surface area contributed by atoms with Crippen LogP contribution in [0, 0.1) is 0 Å². The number of aromatic carboxylic acids is 1. The first-order chi connectivity index (χ1) is 10.1. The van der Waals surface area contributed by atoms with E-state index >= 15 is 0 Å². The molecule has 0 spiro atoms. The number of nitrogens with zero attached hydrogens (tertiary/aromatic N) is 1. The lowest BCUT2D eigenvalue weighted by molar-refractivity contribution is 0.0695. The van der Waals surface area contributed by atoms with Crippen molar-refractivity contribution in [2.75, 3.05) is 19.6 Å². The minimum atomic E-state index is -1.10. The van der Waals surface area contributed by atoms with E-state index in [2.05, 4.69) is 17.1 Å². The number of furan rings is 1. The first-order valence-electron chi connectivity index (χ1n) is 7.42. The molecule has 21 heavy (non-hydrogen) atoms. The smallest absolute Gasteiger partial charge is 0.338 e. The van der Waals surface area contributed by atoms with Crippen LogP contribution >= 0.6 is 0 Å². The number of amides is 1. The summed E-state index contributed by atoms with van der Waals surface area (Å²) in [6.07, 6.45) is 5.76. The number of nitrogens with one attached hydrogen (secondary N) is 1. The monoisotopic (exact) mass is 294 g/mol. The summed E-state index contributed by atoms with van der Waals surface area (Å²) in [6, 6.07) is 1.86. The fourth-order valence-corrected chi connectivity index (χ4v) is 2.63. The van der Waals surface area contributed by atoms with E-state index in [4.69, 9.17) is 9.52 Å². The van der Waals surface area contributed by atoms with Crippen LogP contribution in [-0.2, 0) is 0 Å². The van der Waals surface area contributed by atoms with E-state index in [-0.39, 0.29) is 17.2 Å². The molecule has 1 aromatic rings. The Labute approximate surface area is 124 Å². The second kappa shape index (κ2) is 7.26. The third kappa shape index (κ3) is 4.32. The standard InChI is InChI=1S/C15H22N2O4/c1-11-5-2-3-7-17(11)8-4-6-16-14(18)13-9-12(10-21-13)15(19)20/h9-11H,2-8H2,1H3,(H,16,18)(H,19,20). The number of hydrogen-bond acceptors (Lipinski definition) is 4. The summed E-state index contributed by atoms with van der Waals surface area (Å²) in [5.74, 6) is -1.43. The van der Waals surface area contributed by atoms with Gasteiger partial charge in [-0.05, 0) is 32.7 Å². The molecule has 2 rings (SSSR count). The van der Waals surface area contributed by atoms with Gasteiger partial charge in [-0.15, -0.1) is 0 Å². The molecule has 1 amide bonds. The van der Waals surface area contributed by atoms with Crippen molar-refractivity contribution in [3.8, 4) is 0 Å². The van der Waals surface area contributed by atoms with Gasteiger partial charge in [0.15, 0.2) is 5.76 Å². The van der Waals surface area contributed by atoms with Crippen LogP contribution in [0.4, 0.5) is 0 Å². The van der Waals surface area contributed by atoms with Crippen molar-refractivity contribution >= 4 is 11.9 Å². The maximum Gasteiger partial charge on any atom is 0.338 e. The third-order valence-electron chi connectivity index (χ3n) is 3.92. The zero-order valence-electron chi connectivity index (χ0n) is 12.3. The van der Waals surface area contributed by atoms with Crippen LogP contribution in [0.2, 0.25) is 0 Å². The van der Waals surface area contributed by atoms with E-state index in [1.807, 2.05) is 0 Å². The molecule has 1 aliphatic heterocycles. The number of piperidine rings is 1. The summed E-state index contributed by atoms with van der Waals surface area (Å²) in [4.78, 5) is 24.9. The molecule has 0 aromatic carbocycles. The largest absolute Gasteiger partial charge is 0.478 e. The Kier molecular flexibility index (Phi) is 5.38. The first kappa shape index (κ1) is 15.6. The minimum absolute atomic E-state index is 0.0118. The lowest BCUT2D eigenvalue weighted by Gasteiger charge is -2.33. The first-order valence-corrected chi connectivity index (χ1v) is 7.42. The predicted octanol–water partition coefficient (Wildman–Crippen LogP) is 1.97. The fraction of sp³-hybridized carbons (Fsp3) is 0.600. The second-order valence-corrected chi connectivity index (χ2v) is 5.50. The molecule has 6 nitrogen and oxygen atoms in total. The summed E-state index contributed by atoms with van der Waals surface area (Å²) >= 11 is 0. The third-order valence-corrected chi connectivity index (χ3v) is 3.92. The highest BCUT2D eigenvalue weighted by Gasteiger charge is 2.18. The fourth-order valence-electron chi connectivity index (χ4n) is 2.63. The van der Waals surface area contributed by atoms with Gasteiger partial charge in [-0.3, -0.25) is 4.79 Å². The molecule has 0 aliphatic carbocycles. The molecule has 0 bridgehead atoms. The molecule has 0 radical (unpaired) electrons. The molecule has 1 unspecified atom stereocenters. The summed E-state index contributed by atoms with van der Waals surface area (Å²) < 4.78 is 4.95. The average Bonchev–Trinajstić information content (AvgIpc) is 2.95. The molecule has 0 saturated carbocycles. The van der Waals surface area contributed by atoms with Gasteiger partial charge in [-0.2, -0.15) is 0 Å². The molecule has 1 atom stereocenters. The number of carboxylic acid groups (broad SMARTS) is 1. The SMILES string of the molecule is CC1CCCCN1CCCNC(=O)c1cc(C(=O)O)co1. The van der Waals surface area contributed by atoms with Gasteiger partial charge in [-0.25, -0.2) is 4.79 Å². The van der Waals surface area contributed by atoms with Crippen molar-refractivity contribution in [1.82, 2.24) is 10.2 Å². The predicted molar refractivity (Wildman–Crippen MR) is 77.5 cm³/mol. The van der Waals surface area contributed by atoms with E-state index in [0.717, 1.165) is 25.8 Å². The van der Waals surface area contributed by atoms with E-state index < -0.39 is 5.97 Å². The average molecular weight is 294 g/mol. The van der Waals surface area contributed by atoms with Crippen LogP contribution in [0.15, 0.2) is 16.7 Å². The van der Waals surface area contributed by atoms with Gasteiger partial charge in [0.1, 0.15) is 6.26 Å². The van der Waals surface area contributed by atoms with Gasteiger partial charge in [0.05, 0.1) is 5.56 Å². The summed E-state index contributed by atoms with van der Waals surface area (Å²) in [7, 11) is 0. The van der Waals surface area contributed by atoms with Crippen molar-refractivity contribution in [3.63, 3.8) is 0 Å². The summed E-state index contributed by atoms with van der Waals surface area (Å²) in [6.45, 7) is 4.91. The van der Waals surface area contributed by atoms with E-state index in [1.54, 1.807) is 0 Å². The molecular weight excluding hydrogens is 272 g/mol. The number of carboxylic acids is 1. The molecule has 2 N–H and O–H groups in total. The summed E-state index contributed by atoms with van der Waals surface area (Å²) in [5.41, 5.74) is -0.0118. The number of hydrogen-bond donors (Lipinski definition) is 2. The van der Waals surface area contributed by atoms with Gasteiger partial charge >= 0.3 is 5.97 Å². The maximum atomic E-state index is 11.8. The quantitative estimate of drug-likeness (QED) is 0.784. The summed E-state index contributed by atoms with van der Waals surface area (Å²) in [5, 5.41) is 11.5. The van der Waals surface area contributed by atoms with Crippen molar-refractivity contribution in [2.45, 2.75) is 38.6 Å². The van der Waals surface area contributed by atoms with E-state index in [9.17, 15) is 9.59 Å². The zero-order valence-corrected chi connectivity index (χ0v) is 12.3. The Hall–Kier alpha value is -1.82. The Morgan fingerprint density at radius 2 is 2.29 bits per heavy atom. The van der Waals surface area contributed by atoms with Crippen LogP contribution in [0.5, 0.6) is 0 Å². The topological polar surface area (TPSA) is 82.8 Å². The van der Waals surface area contributed by atoms with Crippen molar-refractivity contribution < 1.29 is 19.1 Å². The number of carbonyl (C=O) groups excluding carboxylic acids is 1. The molecule has 6 heteroatoms. The Morgan fingerprint density at radius 3 is 2.95 bits per heavy atom. The van der Waals surface area contributed by atoms with Gasteiger partial charge in [0.2, 0.25) is 0 Å². The van der Waals surface area contributed by atoms with Crippen LogP contribution in [0.25, 0.3) is 0 Å². The van der Waals surface area contributed by atoms with E-state index in [0.29, 0.717) is 12.6 Å². The lowest BCUT2D eigenvalue weighted by atomic mass is 10.0. The molecular formula is C15H22N2O4. The van der Waals surface area contributed by atoms with Gasteiger partial charge < -0.3 is 19.7 Å². The van der Waals surface area contributed by atoms with Crippen LogP contribution < -0.4 is 5.32 Å². The lowest BCUT2D eigenvalue weighted by Crippen LogP contribution is -2.39. The molecule has 1 aliphatic rings. The van der Waals surface area contributed by atoms with Gasteiger partial charge in [-0.1, -0.05) is 6.42 Å². The van der Waals surface area contributed by atoms with E-state index in [1.165, 1.54) is 25.3 Å². The van der Waals surface area contributed by atoms with Crippen LogP contribution in [0.3, 0.4) is 0 Å². The van der Waals surface area contributed by atoms with Crippen molar-refractivity contribution in [2.24, 2.45) is 0 Å². The van der Waals surface area contributed by atoms with Gasteiger partial charge in [0.25, 0.3) is 5.91 Å². The Balaban J connectivity index is 1.70. The Bertz CT molecular complexity index is 498. The van der Waals surface area contributed by atoms with Crippen molar-refractivity contribution in [3.05, 3.63) is 23.7 Å². The van der Waals surface area contributed by atoms with Gasteiger partial charge in [0, 0.05) is 25.2 Å². The Morgan fingerprint density at radius 1 is 1.48 bits per heavy atom. The molecule has 2 heterocycles. The van der Waals surface area contributed by atoms with Crippen LogP contribution in [0.1, 0.15) is 53.5 Å². The normalized spacial score (nSPS) is 19.4. The molecule has 1 aromatic heterocycles. The second-order valence-electron chi connectivity index (χ2n) is 5.50. The number of rotatable bonds is 6. The molecule has 1 fully saturated rings. The van der Waals surface area contributed by atoms with Crippen molar-refractivity contribution in [1.29, 1.82) is 0 Å². The highest BCUT2D eigenvalue weighted by atomic mass is 16.4. The van der Waals surface area contributed by atoms with Crippen LogP contribution in [-0.4, -0.2) is 47.6 Å². The number of carbonyl (C=O) groups is 2. The zero-order chi connectivity index (χ0) is 15.2. The molecule has 116 valence electrons. The highest BCUT2D eigenvalue weighted by Crippen LogP contribution is 2.16. The maximum absolute atomic E-state index is 11.8. The highest BCUT2D eigenvalue weighted by molar-refractivity contribution is 5.95.